The summed E-state index contributed by atoms with van der Waals surface area (Å²) in [6, 6.07) is 16.2. The SMILES string of the molecule is CNC(=O)NC(=O)COC(=O)c1cc(-c2ccccc2)nc2c1cnn2Cc1cccc(F)c1. The number of halogens is 1. The van der Waals surface area contributed by atoms with E-state index in [1.165, 1.54) is 25.4 Å². The first kappa shape index (κ1) is 22.6. The van der Waals surface area contributed by atoms with Crippen LogP contribution in [0.3, 0.4) is 0 Å². The Balaban J connectivity index is 1.70. The van der Waals surface area contributed by atoms with Crippen LogP contribution in [0.25, 0.3) is 22.3 Å². The van der Waals surface area contributed by atoms with E-state index in [1.54, 1.807) is 22.9 Å². The number of ether oxygens (including phenoxy) is 1. The van der Waals surface area contributed by atoms with Crippen LogP contribution in [0.2, 0.25) is 0 Å². The number of urea groups is 1. The molecule has 0 unspecified atom stereocenters. The van der Waals surface area contributed by atoms with Crippen LogP contribution in [0.5, 0.6) is 0 Å². The second-order valence-corrected chi connectivity index (χ2v) is 7.29. The summed E-state index contributed by atoms with van der Waals surface area (Å²) in [5.41, 5.74) is 2.48. The third-order valence-electron chi connectivity index (χ3n) is 4.93. The number of nitrogens with zero attached hydrogens (tertiary/aromatic N) is 3. The van der Waals surface area contributed by atoms with Crippen LogP contribution < -0.4 is 10.6 Å². The Hall–Kier alpha value is -4.60. The Labute approximate surface area is 193 Å². The van der Waals surface area contributed by atoms with Gasteiger partial charge in [-0.3, -0.25) is 10.1 Å². The Bertz CT molecular complexity index is 1370. The van der Waals surface area contributed by atoms with Crippen LogP contribution in [0.15, 0.2) is 66.9 Å². The summed E-state index contributed by atoms with van der Waals surface area (Å²) in [6.45, 7) is -0.413. The maximum atomic E-state index is 13.7. The number of amides is 3. The van der Waals surface area contributed by atoms with Gasteiger partial charge in [-0.1, -0.05) is 42.5 Å². The fraction of sp³-hybridized carbons (Fsp3) is 0.125. The van der Waals surface area contributed by atoms with Gasteiger partial charge in [0.2, 0.25) is 0 Å². The van der Waals surface area contributed by atoms with Gasteiger partial charge in [-0.05, 0) is 23.8 Å². The summed E-state index contributed by atoms with van der Waals surface area (Å²) in [6.07, 6.45) is 1.47. The minimum atomic E-state index is -0.776. The zero-order valence-electron chi connectivity index (χ0n) is 18.1. The van der Waals surface area contributed by atoms with Crippen LogP contribution in [-0.2, 0) is 16.1 Å². The smallest absolute Gasteiger partial charge is 0.339 e. The molecular formula is C24H20FN5O4. The molecule has 2 N–H and O–H groups in total. The van der Waals surface area contributed by atoms with E-state index < -0.39 is 24.5 Å². The lowest BCUT2D eigenvalue weighted by Crippen LogP contribution is -2.39. The molecule has 9 nitrogen and oxygen atoms in total. The summed E-state index contributed by atoms with van der Waals surface area (Å²) >= 11 is 0. The molecule has 0 saturated heterocycles. The van der Waals surface area contributed by atoms with Crippen LogP contribution >= 0.6 is 0 Å². The van der Waals surface area contributed by atoms with Crippen LogP contribution in [0, 0.1) is 5.82 Å². The molecule has 0 fully saturated rings. The van der Waals surface area contributed by atoms with Crippen LogP contribution in [0.4, 0.5) is 9.18 Å². The first-order valence-electron chi connectivity index (χ1n) is 10.3. The molecule has 0 bridgehead atoms. The third kappa shape index (κ3) is 5.07. The number of benzene rings is 2. The maximum absolute atomic E-state index is 13.7. The molecule has 2 heterocycles. The summed E-state index contributed by atoms with van der Waals surface area (Å²) in [5.74, 6) is -1.92. The van der Waals surface area contributed by atoms with Gasteiger partial charge in [0.1, 0.15) is 5.82 Å². The highest BCUT2D eigenvalue weighted by Crippen LogP contribution is 2.26. The molecule has 4 rings (SSSR count). The van der Waals surface area contributed by atoms with Crippen molar-refractivity contribution < 1.29 is 23.5 Å². The number of hydrogen-bond donors (Lipinski definition) is 2. The van der Waals surface area contributed by atoms with E-state index in [0.29, 0.717) is 22.3 Å². The molecule has 0 aliphatic rings. The number of pyridine rings is 1. The molecular weight excluding hydrogens is 441 g/mol. The number of nitrogens with one attached hydrogen (secondary N) is 2. The Morgan fingerprint density at radius 2 is 1.85 bits per heavy atom. The molecule has 2 aromatic carbocycles. The lowest BCUT2D eigenvalue weighted by Gasteiger charge is -2.10. The molecule has 10 heteroatoms. The highest BCUT2D eigenvalue weighted by molar-refractivity contribution is 6.04. The van der Waals surface area contributed by atoms with E-state index in [1.807, 2.05) is 35.6 Å². The summed E-state index contributed by atoms with van der Waals surface area (Å²) in [5, 5.41) is 9.00. The van der Waals surface area contributed by atoms with Crippen molar-refractivity contribution in [2.45, 2.75) is 6.54 Å². The van der Waals surface area contributed by atoms with E-state index in [9.17, 15) is 18.8 Å². The molecule has 3 amide bonds. The molecule has 0 saturated carbocycles. The normalized spacial score (nSPS) is 10.6. The summed E-state index contributed by atoms with van der Waals surface area (Å²) in [4.78, 5) is 40.7. The van der Waals surface area contributed by atoms with Gasteiger partial charge in [-0.25, -0.2) is 23.6 Å². The summed E-state index contributed by atoms with van der Waals surface area (Å²) in [7, 11) is 1.36. The molecule has 2 aromatic heterocycles. The Kier molecular flexibility index (Phi) is 6.58. The van der Waals surface area contributed by atoms with Crippen molar-refractivity contribution >= 4 is 28.9 Å². The quantitative estimate of drug-likeness (QED) is 0.427. The zero-order chi connectivity index (χ0) is 24.1. The number of aromatic nitrogens is 3. The Morgan fingerprint density at radius 3 is 2.59 bits per heavy atom. The standard InChI is InChI=1S/C24H20FN5O4/c1-26-24(33)29-21(31)14-34-23(32)18-11-20(16-7-3-2-4-8-16)28-22-19(18)12-27-30(22)13-15-6-5-9-17(25)10-15/h2-12H,13-14H2,1H3,(H2,26,29,31,33). The number of fused-ring (bicyclic) bond motifs is 1. The average Bonchev–Trinajstić information content (AvgIpc) is 3.25. The van der Waals surface area contributed by atoms with Crippen molar-refractivity contribution in [1.29, 1.82) is 0 Å². The van der Waals surface area contributed by atoms with Gasteiger partial charge in [-0.15, -0.1) is 0 Å². The van der Waals surface area contributed by atoms with Gasteiger partial charge in [0.25, 0.3) is 5.91 Å². The van der Waals surface area contributed by atoms with E-state index in [-0.39, 0.29) is 17.9 Å². The van der Waals surface area contributed by atoms with Gasteiger partial charge >= 0.3 is 12.0 Å². The number of hydrogen-bond acceptors (Lipinski definition) is 6. The molecule has 0 atom stereocenters. The molecule has 0 aliphatic carbocycles. The molecule has 0 aliphatic heterocycles. The highest BCUT2D eigenvalue weighted by atomic mass is 19.1. The Morgan fingerprint density at radius 1 is 1.06 bits per heavy atom. The van der Waals surface area contributed by atoms with Gasteiger partial charge < -0.3 is 10.1 Å². The predicted molar refractivity (Wildman–Crippen MR) is 121 cm³/mol. The first-order chi connectivity index (χ1) is 16.4. The zero-order valence-corrected chi connectivity index (χ0v) is 18.1. The van der Waals surface area contributed by atoms with Crippen molar-refractivity contribution in [3.05, 3.63) is 83.8 Å². The van der Waals surface area contributed by atoms with E-state index >= 15 is 0 Å². The number of imide groups is 1. The van der Waals surface area contributed by atoms with Gasteiger partial charge in [-0.2, -0.15) is 5.10 Å². The molecule has 34 heavy (non-hydrogen) atoms. The second kappa shape index (κ2) is 9.90. The second-order valence-electron chi connectivity index (χ2n) is 7.29. The van der Waals surface area contributed by atoms with Crippen molar-refractivity contribution in [2.24, 2.45) is 0 Å². The number of carbonyl (C=O) groups is 3. The lowest BCUT2D eigenvalue weighted by molar-refractivity contribution is -0.123. The van der Waals surface area contributed by atoms with E-state index in [2.05, 4.69) is 15.4 Å². The average molecular weight is 461 g/mol. The number of esters is 1. The number of rotatable bonds is 6. The minimum absolute atomic E-state index is 0.155. The largest absolute Gasteiger partial charge is 0.452 e. The van der Waals surface area contributed by atoms with Crippen molar-refractivity contribution in [3.8, 4) is 11.3 Å². The van der Waals surface area contributed by atoms with E-state index in [4.69, 9.17) is 4.74 Å². The topological polar surface area (TPSA) is 115 Å². The molecule has 0 spiro atoms. The highest BCUT2D eigenvalue weighted by Gasteiger charge is 2.20. The summed E-state index contributed by atoms with van der Waals surface area (Å²) < 4.78 is 20.3. The third-order valence-corrected chi connectivity index (χ3v) is 4.93. The van der Waals surface area contributed by atoms with Gasteiger partial charge in [0.15, 0.2) is 12.3 Å². The molecule has 172 valence electrons. The first-order valence-corrected chi connectivity index (χ1v) is 10.3. The van der Waals surface area contributed by atoms with Crippen molar-refractivity contribution in [3.63, 3.8) is 0 Å². The lowest BCUT2D eigenvalue weighted by atomic mass is 10.1. The predicted octanol–water partition coefficient (Wildman–Crippen LogP) is 2.90. The molecule has 0 radical (unpaired) electrons. The number of carbonyl (C=O) groups excluding carboxylic acids is 3. The van der Waals surface area contributed by atoms with Crippen molar-refractivity contribution in [2.75, 3.05) is 13.7 Å². The van der Waals surface area contributed by atoms with Gasteiger partial charge in [0.05, 0.1) is 29.4 Å². The molecule has 4 aromatic rings. The van der Waals surface area contributed by atoms with E-state index in [0.717, 1.165) is 5.56 Å². The fourth-order valence-electron chi connectivity index (χ4n) is 3.33. The van der Waals surface area contributed by atoms with Crippen molar-refractivity contribution in [1.82, 2.24) is 25.4 Å². The van der Waals surface area contributed by atoms with Crippen LogP contribution in [-0.4, -0.2) is 46.3 Å². The monoisotopic (exact) mass is 461 g/mol. The van der Waals surface area contributed by atoms with Gasteiger partial charge in [0, 0.05) is 12.6 Å². The van der Waals surface area contributed by atoms with Crippen LogP contribution in [0.1, 0.15) is 15.9 Å². The maximum Gasteiger partial charge on any atom is 0.339 e. The minimum Gasteiger partial charge on any atom is -0.452 e. The fourth-order valence-corrected chi connectivity index (χ4v) is 3.33.